The molecule has 81 heavy (non-hydrogen) atoms. The largest absolute Gasteiger partial charge is 0.459 e. The van der Waals surface area contributed by atoms with Crippen LogP contribution in [0.3, 0.4) is 0 Å². The van der Waals surface area contributed by atoms with Gasteiger partial charge in [0.1, 0.15) is 26.4 Å². The average Bonchev–Trinajstić information content (AvgIpc) is 3.29. The molecular weight excluding hydrogens is 1150 g/mol. The summed E-state index contributed by atoms with van der Waals surface area (Å²) in [5.74, 6) is -3.91. The molecule has 8 nitrogen and oxygen atoms in total. The van der Waals surface area contributed by atoms with Crippen molar-refractivity contribution in [1.82, 2.24) is 0 Å². The van der Waals surface area contributed by atoms with E-state index in [4.69, 9.17) is 67.8 Å². The van der Waals surface area contributed by atoms with Gasteiger partial charge in [-0.15, -0.1) is 34.0 Å². The van der Waals surface area contributed by atoms with Crippen LogP contribution in [0.4, 0.5) is 0 Å². The van der Waals surface area contributed by atoms with Crippen molar-refractivity contribution in [3.63, 3.8) is 0 Å². The van der Waals surface area contributed by atoms with Crippen molar-refractivity contribution in [2.75, 3.05) is 0 Å². The highest BCUT2D eigenvalue weighted by Crippen LogP contribution is 2.68. The molecule has 13 rings (SSSR count). The summed E-state index contributed by atoms with van der Waals surface area (Å²) in [4.78, 5) is 70.2. The van der Waals surface area contributed by atoms with Gasteiger partial charge < -0.3 is 18.9 Å². The molecule has 0 fully saturated rings. The lowest BCUT2D eigenvalue weighted by Gasteiger charge is -2.32. The summed E-state index contributed by atoms with van der Waals surface area (Å²) in [6.45, 7) is -0.910. The van der Waals surface area contributed by atoms with E-state index in [1.807, 2.05) is 182 Å². The number of ether oxygens (including phenoxy) is 4. The highest BCUT2D eigenvalue weighted by Gasteiger charge is 2.69. The highest BCUT2D eigenvalue weighted by atomic mass is 32.1. The molecule has 15 heteroatoms. The number of thiocarbonyl (C=S) groups is 4. The fourth-order valence-corrected chi connectivity index (χ4v) is 16.5. The number of fused-ring (bicyclic) bond motifs is 9. The fourth-order valence-electron chi connectivity index (χ4n) is 11.0. The van der Waals surface area contributed by atoms with Gasteiger partial charge in [-0.2, -0.15) is 0 Å². The van der Waals surface area contributed by atoms with Crippen LogP contribution in [-0.4, -0.2) is 43.3 Å². The normalized spacial score (nSPS) is 14.6. The molecule has 0 amide bonds. The van der Waals surface area contributed by atoms with Crippen LogP contribution in [-0.2, 0) is 75.4 Å². The number of hydrogen-bond donors (Lipinski definition) is 0. The molecule has 3 heterocycles. The van der Waals surface area contributed by atoms with E-state index >= 15 is 19.2 Å². The Kier molecular flexibility index (Phi) is 13.8. The van der Waals surface area contributed by atoms with Crippen molar-refractivity contribution in [1.29, 1.82) is 0 Å². The lowest BCUT2D eigenvalue weighted by Crippen LogP contribution is -2.50. The van der Waals surface area contributed by atoms with Gasteiger partial charge in [-0.05, 0) is 46.5 Å². The van der Waals surface area contributed by atoms with Crippen LogP contribution in [0, 0.1) is 0 Å². The number of benzene rings is 6. The third-order valence-electron chi connectivity index (χ3n) is 14.8. The van der Waals surface area contributed by atoms with E-state index in [0.717, 1.165) is 22.3 Å². The van der Waals surface area contributed by atoms with Crippen molar-refractivity contribution in [3.05, 3.63) is 270 Å². The van der Waals surface area contributed by atoms with Crippen molar-refractivity contribution in [3.8, 4) is 19.5 Å². The Balaban J connectivity index is 1.07. The van der Waals surface area contributed by atoms with Gasteiger partial charge in [0.2, 0.25) is 10.8 Å². The molecular formula is C66H40O8S7. The summed E-state index contributed by atoms with van der Waals surface area (Å²) in [7, 11) is 0. The molecule has 0 aliphatic heterocycles. The molecule has 4 aliphatic rings. The molecule has 0 saturated carbocycles. The van der Waals surface area contributed by atoms with Crippen molar-refractivity contribution >= 4 is 138 Å². The van der Waals surface area contributed by atoms with E-state index in [9.17, 15) is 0 Å². The zero-order chi connectivity index (χ0) is 55.6. The maximum atomic E-state index is 16.2. The molecule has 3 aromatic heterocycles. The van der Waals surface area contributed by atoms with Crippen LogP contribution >= 0.6 is 82.9 Å². The van der Waals surface area contributed by atoms with Gasteiger partial charge in [0.15, 0.2) is 0 Å². The summed E-state index contributed by atoms with van der Waals surface area (Å²) in [6, 6.07) is 55.4. The Morgan fingerprint density at radius 3 is 0.889 bits per heavy atom. The first kappa shape index (κ1) is 52.5. The van der Waals surface area contributed by atoms with Crippen LogP contribution < -0.4 is 0 Å². The monoisotopic (exact) mass is 1180 g/mol. The summed E-state index contributed by atoms with van der Waals surface area (Å²) in [6.07, 6.45) is 3.78. The van der Waals surface area contributed by atoms with E-state index in [2.05, 4.69) is 0 Å². The number of allylic oxidation sites excluding steroid dienone is 2. The Labute approximate surface area is 499 Å². The van der Waals surface area contributed by atoms with Gasteiger partial charge in [-0.1, -0.05) is 219 Å². The summed E-state index contributed by atoms with van der Waals surface area (Å²) < 4.78 is 25.6. The van der Waals surface area contributed by atoms with Crippen molar-refractivity contribution < 1.29 is 38.1 Å². The molecule has 0 atom stereocenters. The first-order valence-electron chi connectivity index (χ1n) is 25.6. The number of thiophene rings is 3. The minimum Gasteiger partial charge on any atom is -0.459 e. The van der Waals surface area contributed by atoms with Crippen LogP contribution in [0.15, 0.2) is 193 Å². The van der Waals surface area contributed by atoms with Gasteiger partial charge in [0, 0.05) is 65.4 Å². The lowest BCUT2D eigenvalue weighted by molar-refractivity contribution is -0.167. The second kappa shape index (κ2) is 21.2. The molecule has 4 aliphatic carbocycles. The van der Waals surface area contributed by atoms with Gasteiger partial charge in [-0.25, -0.2) is 0 Å². The number of esters is 4. The predicted molar refractivity (Wildman–Crippen MR) is 333 cm³/mol. The zero-order valence-electron chi connectivity index (χ0n) is 42.4. The molecule has 0 N–H and O–H groups in total. The third kappa shape index (κ3) is 8.69. The number of rotatable bonds is 14. The zero-order valence-corrected chi connectivity index (χ0v) is 48.1. The molecule has 0 unspecified atom stereocenters. The third-order valence-corrected chi connectivity index (χ3v) is 20.3. The number of carbonyl (C=O) groups excluding carboxylic acids is 4. The van der Waals surface area contributed by atoms with E-state index < -0.39 is 34.7 Å². The summed E-state index contributed by atoms with van der Waals surface area (Å²) in [5.41, 5.74) is 3.00. The summed E-state index contributed by atoms with van der Waals surface area (Å²) in [5, 5.41) is 0. The van der Waals surface area contributed by atoms with Crippen molar-refractivity contribution in [2.45, 2.75) is 37.3 Å². The van der Waals surface area contributed by atoms with E-state index in [-0.39, 0.29) is 48.7 Å². The second-order valence-electron chi connectivity index (χ2n) is 19.6. The lowest BCUT2D eigenvalue weighted by atomic mass is 9.70. The molecule has 0 radical (unpaired) electrons. The minimum absolute atomic E-state index is 0.0728. The van der Waals surface area contributed by atoms with Crippen molar-refractivity contribution in [2.24, 2.45) is 0 Å². The fraction of sp³-hybridized carbons (Fsp3) is 0.0909. The first-order valence-corrected chi connectivity index (χ1v) is 29.7. The topological polar surface area (TPSA) is 105 Å². The summed E-state index contributed by atoms with van der Waals surface area (Å²) >= 11 is 28.1. The molecule has 6 aromatic carbocycles. The maximum Gasteiger partial charge on any atom is 0.333 e. The molecule has 0 bridgehead atoms. The van der Waals surface area contributed by atoms with Crippen LogP contribution in [0.5, 0.6) is 0 Å². The Morgan fingerprint density at radius 2 is 0.617 bits per heavy atom. The van der Waals surface area contributed by atoms with Crippen LogP contribution in [0.25, 0.3) is 31.7 Å². The smallest absolute Gasteiger partial charge is 0.333 e. The maximum absolute atomic E-state index is 16.2. The highest BCUT2D eigenvalue weighted by molar-refractivity contribution is 7.84. The predicted octanol–water partition coefficient (Wildman–Crippen LogP) is 14.4. The van der Waals surface area contributed by atoms with Gasteiger partial charge in [0.25, 0.3) is 0 Å². The SMILES string of the molecule is O=C(OCc1ccccc1)C1(C(=O)OCc2ccccc2)c2cc(C=C3C(=S)c4ccccc4C3=S)sc2-c2sc3c(c21)C(C(=O)OCc1ccccc1)(C(=O)OCc1ccccc1)c1cc(C=C2C(=S)c4ccccc4C2=S)sc1-3. The molecule has 394 valence electrons. The average molecular weight is 1190 g/mol. The standard InChI is InChI=1S/C66H40O8S7/c67-61(71-33-37-17-5-1-6-18-37)65(62(68)72-34-38-19-7-2-8-20-38)49-31-41(29-47-53(75)43-25-13-14-26-44(43)54(47)76)79-57(49)59-51(65)52-60(81-59)58-50(32-42(80-58)30-48-55(77)45-27-15-16-28-46(45)56(48)78)66(52,63(69)73-35-39-21-9-3-10-22-39)64(70)74-36-40-23-11-4-12-24-40/h1-32H,33-36H2. The van der Waals surface area contributed by atoms with E-state index in [1.54, 1.807) is 12.1 Å². The Bertz CT molecular complexity index is 3770. The van der Waals surface area contributed by atoms with Crippen LogP contribution in [0.1, 0.15) is 76.5 Å². The first-order chi connectivity index (χ1) is 39.5. The molecule has 9 aromatic rings. The molecule has 0 spiro atoms. The quantitative estimate of drug-likeness (QED) is 0.0340. The van der Waals surface area contributed by atoms with Gasteiger partial charge >= 0.3 is 23.9 Å². The number of carbonyl (C=O) groups is 4. The second-order valence-corrected chi connectivity index (χ2v) is 24.4. The molecule has 0 saturated heterocycles. The van der Waals surface area contributed by atoms with Crippen LogP contribution in [0.2, 0.25) is 0 Å². The Hall–Kier alpha value is -7.86. The van der Waals surface area contributed by atoms with Gasteiger partial charge in [-0.3, -0.25) is 19.2 Å². The number of hydrogen-bond acceptors (Lipinski definition) is 15. The Morgan fingerprint density at radius 1 is 0.358 bits per heavy atom. The van der Waals surface area contributed by atoms with Gasteiger partial charge in [0.05, 0.1) is 39.0 Å². The van der Waals surface area contributed by atoms with E-state index in [0.29, 0.717) is 82.1 Å². The minimum atomic E-state index is -2.46. The van der Waals surface area contributed by atoms with E-state index in [1.165, 1.54) is 34.0 Å².